The van der Waals surface area contributed by atoms with Crippen LogP contribution in [0, 0.1) is 0 Å². The van der Waals surface area contributed by atoms with Crippen molar-refractivity contribution in [1.29, 1.82) is 0 Å². The van der Waals surface area contributed by atoms with Gasteiger partial charge in [-0.15, -0.1) is 11.8 Å². The van der Waals surface area contributed by atoms with Crippen LogP contribution in [0.4, 0.5) is 0 Å². The lowest BCUT2D eigenvalue weighted by atomic mass is 9.84. The molecule has 3 aromatic rings. The Hall–Kier alpha value is -2.03. The quantitative estimate of drug-likeness (QED) is 0.600. The molecule has 0 radical (unpaired) electrons. The van der Waals surface area contributed by atoms with Gasteiger partial charge in [-0.2, -0.15) is 0 Å². The van der Waals surface area contributed by atoms with Crippen molar-refractivity contribution < 1.29 is 0 Å². The van der Waals surface area contributed by atoms with Crippen molar-refractivity contribution in [2.24, 2.45) is 5.73 Å². The van der Waals surface area contributed by atoms with Gasteiger partial charge in [-0.3, -0.25) is 0 Å². The zero-order chi connectivity index (χ0) is 17.8. The molecule has 0 bridgehead atoms. The molecule has 25 heavy (non-hydrogen) atoms. The van der Waals surface area contributed by atoms with Gasteiger partial charge in [-0.25, -0.2) is 0 Å². The fourth-order valence-corrected chi connectivity index (χ4v) is 4.83. The molecule has 1 nitrogen and oxygen atoms in total. The average Bonchev–Trinajstić information content (AvgIpc) is 2.68. The molecule has 0 saturated heterocycles. The molecule has 2 N–H and O–H groups in total. The fraction of sp³-hybridized carbons (Fsp3) is 0.217. The molecule has 0 aliphatic rings. The van der Waals surface area contributed by atoms with Gasteiger partial charge in [0, 0.05) is 11.3 Å². The van der Waals surface area contributed by atoms with Gasteiger partial charge in [0.25, 0.3) is 0 Å². The molecule has 0 amide bonds. The van der Waals surface area contributed by atoms with E-state index >= 15 is 0 Å². The van der Waals surface area contributed by atoms with Crippen LogP contribution in [0.2, 0.25) is 0 Å². The minimum absolute atomic E-state index is 0.0679. The first kappa shape index (κ1) is 17.8. The highest BCUT2D eigenvalue weighted by atomic mass is 32.2. The topological polar surface area (TPSA) is 26.0 Å². The molecule has 0 spiro atoms. The highest BCUT2D eigenvalue weighted by Crippen LogP contribution is 2.52. The molecule has 0 aromatic heterocycles. The molecule has 0 aliphatic heterocycles. The Balaban J connectivity index is 2.32. The molecule has 128 valence electrons. The second-order valence-corrected chi connectivity index (χ2v) is 8.77. The Morgan fingerprint density at radius 3 is 1.24 bits per heavy atom. The number of thioether (sulfide) groups is 1. The van der Waals surface area contributed by atoms with Crippen molar-refractivity contribution in [3.05, 3.63) is 108 Å². The van der Waals surface area contributed by atoms with E-state index in [4.69, 9.17) is 5.73 Å². The fourth-order valence-electron chi connectivity index (χ4n) is 3.15. The van der Waals surface area contributed by atoms with Gasteiger partial charge in [0.15, 0.2) is 0 Å². The van der Waals surface area contributed by atoms with E-state index < -0.39 is 0 Å². The molecule has 3 aromatic carbocycles. The maximum atomic E-state index is 6.13. The average molecular weight is 348 g/mol. The smallest absolute Gasteiger partial charge is 0.0912 e. The van der Waals surface area contributed by atoms with Crippen LogP contribution in [0.25, 0.3) is 0 Å². The molecular formula is C23H25NS. The van der Waals surface area contributed by atoms with E-state index in [1.165, 1.54) is 16.7 Å². The van der Waals surface area contributed by atoms with Crippen molar-refractivity contribution >= 4 is 11.8 Å². The highest BCUT2D eigenvalue weighted by molar-refractivity contribution is 8.02. The summed E-state index contributed by atoms with van der Waals surface area (Å²) in [6.07, 6.45) is 0. The monoisotopic (exact) mass is 347 g/mol. The van der Waals surface area contributed by atoms with Crippen molar-refractivity contribution in [1.82, 2.24) is 0 Å². The summed E-state index contributed by atoms with van der Waals surface area (Å²) in [5.41, 5.74) is 9.96. The zero-order valence-corrected chi connectivity index (χ0v) is 15.7. The van der Waals surface area contributed by atoms with Crippen LogP contribution in [0.5, 0.6) is 0 Å². The number of hydrogen-bond acceptors (Lipinski definition) is 2. The van der Waals surface area contributed by atoms with Crippen LogP contribution in [0.1, 0.15) is 30.5 Å². The van der Waals surface area contributed by atoms with Crippen LogP contribution in [0.3, 0.4) is 0 Å². The number of hydrogen-bond donors (Lipinski definition) is 1. The standard InChI is InChI=1S/C23H25NS/c1-22(2,18-24)25-23(19-12-6-3-7-13-19,20-14-8-4-9-15-20)21-16-10-5-11-17-21/h3-17H,18,24H2,1-2H3. The van der Waals surface area contributed by atoms with E-state index in [1.807, 2.05) is 11.8 Å². The summed E-state index contributed by atoms with van der Waals surface area (Å²) in [5, 5.41) is 0. The van der Waals surface area contributed by atoms with E-state index in [9.17, 15) is 0 Å². The Labute approximate surface area is 155 Å². The van der Waals surface area contributed by atoms with Crippen LogP contribution in [-0.4, -0.2) is 11.3 Å². The van der Waals surface area contributed by atoms with Crippen molar-refractivity contribution in [3.63, 3.8) is 0 Å². The summed E-state index contributed by atoms with van der Waals surface area (Å²) >= 11 is 1.93. The van der Waals surface area contributed by atoms with Gasteiger partial charge in [-0.05, 0) is 30.5 Å². The summed E-state index contributed by atoms with van der Waals surface area (Å²) in [7, 11) is 0. The third-order valence-electron chi connectivity index (χ3n) is 4.46. The third kappa shape index (κ3) is 3.65. The third-order valence-corrected chi connectivity index (χ3v) is 6.19. The first-order valence-corrected chi connectivity index (χ1v) is 9.47. The zero-order valence-electron chi connectivity index (χ0n) is 14.9. The molecule has 3 rings (SSSR count). The van der Waals surface area contributed by atoms with Crippen LogP contribution < -0.4 is 5.73 Å². The second kappa shape index (κ2) is 7.47. The summed E-state index contributed by atoms with van der Waals surface area (Å²) in [4.78, 5) is 0. The molecule has 0 unspecified atom stereocenters. The van der Waals surface area contributed by atoms with Gasteiger partial charge >= 0.3 is 0 Å². The lowest BCUT2D eigenvalue weighted by Crippen LogP contribution is -2.36. The summed E-state index contributed by atoms with van der Waals surface area (Å²) in [5.74, 6) is 0. The molecule has 0 heterocycles. The number of rotatable bonds is 6. The predicted molar refractivity (Wildman–Crippen MR) is 110 cm³/mol. The van der Waals surface area contributed by atoms with Gasteiger partial charge in [0.2, 0.25) is 0 Å². The SMILES string of the molecule is CC(C)(CN)SC(c1ccccc1)(c1ccccc1)c1ccccc1. The molecule has 2 heteroatoms. The molecule has 0 atom stereocenters. The molecular weight excluding hydrogens is 322 g/mol. The van der Waals surface area contributed by atoms with Gasteiger partial charge in [-0.1, -0.05) is 91.0 Å². The van der Waals surface area contributed by atoms with Crippen molar-refractivity contribution in [2.45, 2.75) is 23.3 Å². The number of benzene rings is 3. The molecule has 0 saturated carbocycles. The maximum absolute atomic E-state index is 6.13. The van der Waals surface area contributed by atoms with E-state index in [0.29, 0.717) is 6.54 Å². The van der Waals surface area contributed by atoms with E-state index in [-0.39, 0.29) is 9.49 Å². The Morgan fingerprint density at radius 2 is 0.960 bits per heavy atom. The van der Waals surface area contributed by atoms with E-state index in [2.05, 4.69) is 105 Å². The Kier molecular flexibility index (Phi) is 5.31. The van der Waals surface area contributed by atoms with Crippen LogP contribution >= 0.6 is 11.8 Å². The van der Waals surface area contributed by atoms with Gasteiger partial charge in [0.1, 0.15) is 0 Å². The largest absolute Gasteiger partial charge is 0.329 e. The van der Waals surface area contributed by atoms with Crippen molar-refractivity contribution in [3.8, 4) is 0 Å². The van der Waals surface area contributed by atoms with Crippen molar-refractivity contribution in [2.75, 3.05) is 6.54 Å². The summed E-state index contributed by atoms with van der Waals surface area (Å²) in [6, 6.07) is 32.3. The Morgan fingerprint density at radius 1 is 0.640 bits per heavy atom. The Bertz CT molecular complexity index is 685. The lowest BCUT2D eigenvalue weighted by Gasteiger charge is -2.41. The van der Waals surface area contributed by atoms with Crippen LogP contribution in [-0.2, 0) is 4.75 Å². The molecule has 0 aliphatic carbocycles. The summed E-state index contributed by atoms with van der Waals surface area (Å²) < 4.78 is -0.367. The second-order valence-electron chi connectivity index (χ2n) is 6.85. The minimum atomic E-state index is -0.299. The van der Waals surface area contributed by atoms with Crippen LogP contribution in [0.15, 0.2) is 91.0 Å². The lowest BCUT2D eigenvalue weighted by molar-refractivity contribution is 0.707. The maximum Gasteiger partial charge on any atom is 0.0912 e. The van der Waals surface area contributed by atoms with Gasteiger partial charge < -0.3 is 5.73 Å². The van der Waals surface area contributed by atoms with E-state index in [1.54, 1.807) is 0 Å². The normalized spacial score (nSPS) is 12.1. The first-order valence-electron chi connectivity index (χ1n) is 8.65. The predicted octanol–water partition coefficient (Wildman–Crippen LogP) is 5.45. The summed E-state index contributed by atoms with van der Waals surface area (Å²) in [6.45, 7) is 5.06. The highest BCUT2D eigenvalue weighted by Gasteiger charge is 2.41. The molecule has 0 fully saturated rings. The first-order chi connectivity index (χ1) is 12.1. The van der Waals surface area contributed by atoms with Gasteiger partial charge in [0.05, 0.1) is 4.75 Å². The number of nitrogens with two attached hydrogens (primary N) is 1. The minimum Gasteiger partial charge on any atom is -0.329 e. The van der Waals surface area contributed by atoms with E-state index in [0.717, 1.165) is 0 Å².